The van der Waals surface area contributed by atoms with Gasteiger partial charge in [-0.15, -0.1) is 0 Å². The summed E-state index contributed by atoms with van der Waals surface area (Å²) in [4.78, 5) is 24.4. The lowest BCUT2D eigenvalue weighted by molar-refractivity contribution is -0.131. The summed E-state index contributed by atoms with van der Waals surface area (Å²) < 4.78 is 5.21. The van der Waals surface area contributed by atoms with Gasteiger partial charge in [-0.25, -0.2) is 4.79 Å². The molecule has 0 saturated carbocycles. The molecule has 4 heteroatoms. The number of benzene rings is 2. The van der Waals surface area contributed by atoms with E-state index in [9.17, 15) is 9.59 Å². The van der Waals surface area contributed by atoms with E-state index in [1.807, 2.05) is 12.1 Å². The second kappa shape index (κ2) is 5.78. The Morgan fingerprint density at radius 2 is 1.95 bits per heavy atom. The number of fused-ring (bicyclic) bond motifs is 1. The number of ketones is 1. The average Bonchev–Trinajstić information content (AvgIpc) is 2.51. The first kappa shape index (κ1) is 14.5. The number of ether oxygens (including phenoxy) is 1. The van der Waals surface area contributed by atoms with Crippen molar-refractivity contribution in [1.29, 1.82) is 0 Å². The van der Waals surface area contributed by atoms with Crippen molar-refractivity contribution in [1.82, 2.24) is 0 Å². The SMILES string of the molecule is C=C1C(=O)Oc2ccccc2[C@@H]1CC(=O)c1cccc(Cl)c1. The molecule has 0 unspecified atom stereocenters. The molecule has 0 radical (unpaired) electrons. The zero-order chi connectivity index (χ0) is 15.7. The van der Waals surface area contributed by atoms with E-state index in [1.165, 1.54) is 0 Å². The number of para-hydroxylation sites is 1. The van der Waals surface area contributed by atoms with Crippen LogP contribution in [0.1, 0.15) is 28.3 Å². The van der Waals surface area contributed by atoms with Crippen LogP contribution in [-0.2, 0) is 4.79 Å². The lowest BCUT2D eigenvalue weighted by Crippen LogP contribution is -2.24. The van der Waals surface area contributed by atoms with Crippen LogP contribution < -0.4 is 4.74 Å². The highest BCUT2D eigenvalue weighted by Crippen LogP contribution is 2.39. The molecule has 1 aliphatic heterocycles. The molecule has 2 aromatic carbocycles. The number of carbonyl (C=O) groups is 2. The summed E-state index contributed by atoms with van der Waals surface area (Å²) in [5.41, 5.74) is 1.63. The Morgan fingerprint density at radius 3 is 2.73 bits per heavy atom. The fourth-order valence-corrected chi connectivity index (χ4v) is 2.75. The minimum atomic E-state index is -0.484. The molecular weight excluding hydrogens is 300 g/mol. The number of carbonyl (C=O) groups excluding carboxylic acids is 2. The molecule has 110 valence electrons. The smallest absolute Gasteiger partial charge is 0.339 e. The summed E-state index contributed by atoms with van der Waals surface area (Å²) in [7, 11) is 0. The summed E-state index contributed by atoms with van der Waals surface area (Å²) >= 11 is 5.92. The molecule has 0 fully saturated rings. The Balaban J connectivity index is 1.92. The maximum atomic E-state index is 12.5. The van der Waals surface area contributed by atoms with Gasteiger partial charge in [-0.3, -0.25) is 4.79 Å². The summed E-state index contributed by atoms with van der Waals surface area (Å²) in [6, 6.07) is 14.0. The molecular formula is C18H13ClO3. The lowest BCUT2D eigenvalue weighted by Gasteiger charge is -2.25. The molecule has 0 bridgehead atoms. The maximum Gasteiger partial charge on any atom is 0.339 e. The number of esters is 1. The van der Waals surface area contributed by atoms with E-state index in [4.69, 9.17) is 16.3 Å². The van der Waals surface area contributed by atoms with Crippen molar-refractivity contribution in [3.8, 4) is 5.75 Å². The predicted molar refractivity (Wildman–Crippen MR) is 84.4 cm³/mol. The largest absolute Gasteiger partial charge is 0.423 e. The van der Waals surface area contributed by atoms with E-state index in [2.05, 4.69) is 6.58 Å². The highest BCUT2D eigenvalue weighted by molar-refractivity contribution is 6.31. The molecule has 0 aromatic heterocycles. The first-order valence-electron chi connectivity index (χ1n) is 6.85. The van der Waals surface area contributed by atoms with Crippen LogP contribution in [0.4, 0.5) is 0 Å². The van der Waals surface area contributed by atoms with Crippen molar-refractivity contribution in [3.63, 3.8) is 0 Å². The first-order valence-corrected chi connectivity index (χ1v) is 7.22. The molecule has 22 heavy (non-hydrogen) atoms. The number of hydrogen-bond donors (Lipinski definition) is 0. The summed E-state index contributed by atoms with van der Waals surface area (Å²) in [6.07, 6.45) is 0.158. The van der Waals surface area contributed by atoms with Crippen LogP contribution in [0.3, 0.4) is 0 Å². The predicted octanol–water partition coefficient (Wildman–Crippen LogP) is 4.17. The zero-order valence-electron chi connectivity index (χ0n) is 11.7. The summed E-state index contributed by atoms with van der Waals surface area (Å²) in [6.45, 7) is 3.79. The van der Waals surface area contributed by atoms with Gasteiger partial charge in [0.2, 0.25) is 0 Å². The van der Waals surface area contributed by atoms with Gasteiger partial charge in [0.05, 0.1) is 0 Å². The van der Waals surface area contributed by atoms with E-state index in [0.29, 0.717) is 21.9 Å². The molecule has 3 nitrogen and oxygen atoms in total. The van der Waals surface area contributed by atoms with E-state index >= 15 is 0 Å². The maximum absolute atomic E-state index is 12.5. The number of Topliss-reactive ketones (excluding diaryl/α,β-unsaturated/α-hetero) is 1. The van der Waals surface area contributed by atoms with E-state index < -0.39 is 5.97 Å². The van der Waals surface area contributed by atoms with Crippen molar-refractivity contribution in [2.24, 2.45) is 0 Å². The standard InChI is InChI=1S/C18H13ClO3/c1-11-15(10-16(20)12-5-4-6-13(19)9-12)14-7-2-3-8-17(14)22-18(11)21/h2-9,15H,1,10H2/t15-/m1/s1. The van der Waals surface area contributed by atoms with Crippen LogP contribution in [0, 0.1) is 0 Å². The van der Waals surface area contributed by atoms with Gasteiger partial charge < -0.3 is 4.74 Å². The Labute approximate surface area is 133 Å². The fourth-order valence-electron chi connectivity index (χ4n) is 2.56. The fraction of sp³-hybridized carbons (Fsp3) is 0.111. The number of halogens is 1. The Kier molecular flexibility index (Phi) is 3.82. The van der Waals surface area contributed by atoms with Gasteiger partial charge in [0.25, 0.3) is 0 Å². The molecule has 1 atom stereocenters. The molecule has 2 aromatic rings. The van der Waals surface area contributed by atoms with Gasteiger partial charge >= 0.3 is 5.97 Å². The molecule has 0 spiro atoms. The highest BCUT2D eigenvalue weighted by atomic mass is 35.5. The molecule has 0 amide bonds. The summed E-state index contributed by atoms with van der Waals surface area (Å²) in [5.74, 6) is -0.450. The molecule has 0 saturated heterocycles. The number of rotatable bonds is 3. The van der Waals surface area contributed by atoms with Crippen molar-refractivity contribution in [3.05, 3.63) is 76.8 Å². The van der Waals surface area contributed by atoms with Gasteiger partial charge in [-0.1, -0.05) is 48.5 Å². The highest BCUT2D eigenvalue weighted by Gasteiger charge is 2.32. The third-order valence-electron chi connectivity index (χ3n) is 3.72. The molecule has 1 aliphatic rings. The van der Waals surface area contributed by atoms with Gasteiger partial charge in [0.15, 0.2) is 5.78 Å². The van der Waals surface area contributed by atoms with Gasteiger partial charge in [-0.05, 0) is 18.2 Å². The van der Waals surface area contributed by atoms with Crippen LogP contribution in [0.2, 0.25) is 5.02 Å². The van der Waals surface area contributed by atoms with E-state index in [1.54, 1.807) is 36.4 Å². The lowest BCUT2D eigenvalue weighted by atomic mass is 9.84. The Bertz CT molecular complexity index is 779. The molecule has 0 aliphatic carbocycles. The third kappa shape index (κ3) is 2.68. The monoisotopic (exact) mass is 312 g/mol. The van der Waals surface area contributed by atoms with Gasteiger partial charge in [-0.2, -0.15) is 0 Å². The van der Waals surface area contributed by atoms with Gasteiger partial charge in [0, 0.05) is 34.1 Å². The third-order valence-corrected chi connectivity index (χ3v) is 3.95. The number of hydrogen-bond acceptors (Lipinski definition) is 3. The molecule has 3 rings (SSSR count). The minimum absolute atomic E-state index is 0.0850. The van der Waals surface area contributed by atoms with Crippen LogP contribution in [0.15, 0.2) is 60.7 Å². The van der Waals surface area contributed by atoms with E-state index in [-0.39, 0.29) is 18.1 Å². The van der Waals surface area contributed by atoms with Crippen LogP contribution >= 0.6 is 11.6 Å². The minimum Gasteiger partial charge on any atom is -0.423 e. The second-order valence-corrected chi connectivity index (χ2v) is 5.58. The normalized spacial score (nSPS) is 16.9. The quantitative estimate of drug-likeness (QED) is 0.370. The van der Waals surface area contributed by atoms with E-state index in [0.717, 1.165) is 5.56 Å². The van der Waals surface area contributed by atoms with Crippen LogP contribution in [0.5, 0.6) is 5.75 Å². The second-order valence-electron chi connectivity index (χ2n) is 5.14. The molecule has 0 N–H and O–H groups in total. The average molecular weight is 313 g/mol. The topological polar surface area (TPSA) is 43.4 Å². The Hall–Kier alpha value is -2.39. The summed E-state index contributed by atoms with van der Waals surface area (Å²) in [5, 5.41) is 0.508. The Morgan fingerprint density at radius 1 is 1.18 bits per heavy atom. The van der Waals surface area contributed by atoms with Crippen molar-refractivity contribution < 1.29 is 14.3 Å². The van der Waals surface area contributed by atoms with Crippen LogP contribution in [0.25, 0.3) is 0 Å². The van der Waals surface area contributed by atoms with Gasteiger partial charge in [0.1, 0.15) is 5.75 Å². The molecule has 1 heterocycles. The van der Waals surface area contributed by atoms with Crippen molar-refractivity contribution in [2.75, 3.05) is 0 Å². The first-order chi connectivity index (χ1) is 10.6. The zero-order valence-corrected chi connectivity index (χ0v) is 12.5. The van der Waals surface area contributed by atoms with Crippen molar-refractivity contribution >= 4 is 23.4 Å². The van der Waals surface area contributed by atoms with Crippen molar-refractivity contribution in [2.45, 2.75) is 12.3 Å². The van der Waals surface area contributed by atoms with Crippen LogP contribution in [-0.4, -0.2) is 11.8 Å².